The van der Waals surface area contributed by atoms with Gasteiger partial charge in [0, 0.05) is 35.4 Å². The van der Waals surface area contributed by atoms with Gasteiger partial charge in [0.2, 0.25) is 5.95 Å². The van der Waals surface area contributed by atoms with E-state index in [1.807, 2.05) is 18.5 Å². The Labute approximate surface area is 118 Å². The predicted molar refractivity (Wildman–Crippen MR) is 77.9 cm³/mol. The van der Waals surface area contributed by atoms with Crippen molar-refractivity contribution in [3.63, 3.8) is 0 Å². The maximum absolute atomic E-state index is 4.37. The van der Waals surface area contributed by atoms with Crippen LogP contribution in [0.15, 0.2) is 28.3 Å². The van der Waals surface area contributed by atoms with Crippen LogP contribution in [0.25, 0.3) is 10.4 Å². The number of halogens is 1. The summed E-state index contributed by atoms with van der Waals surface area (Å²) in [7, 11) is 0. The Balaban J connectivity index is 1.72. The highest BCUT2D eigenvalue weighted by Gasteiger charge is 2.14. The lowest BCUT2D eigenvalue weighted by molar-refractivity contribution is 0.780. The molecule has 0 aliphatic carbocycles. The van der Waals surface area contributed by atoms with Crippen LogP contribution in [0.1, 0.15) is 6.42 Å². The topological polar surface area (TPSA) is 49.8 Å². The molecule has 1 aliphatic rings. The molecule has 18 heavy (non-hydrogen) atoms. The third-order valence-corrected chi connectivity index (χ3v) is 4.58. The molecule has 2 aromatic rings. The van der Waals surface area contributed by atoms with Crippen LogP contribution in [-0.4, -0.2) is 29.1 Å². The van der Waals surface area contributed by atoms with Gasteiger partial charge in [-0.2, -0.15) is 0 Å². The highest BCUT2D eigenvalue weighted by atomic mass is 79.9. The molecule has 0 amide bonds. The second kappa shape index (κ2) is 5.34. The molecule has 4 nitrogen and oxygen atoms in total. The van der Waals surface area contributed by atoms with Crippen molar-refractivity contribution >= 4 is 33.2 Å². The Morgan fingerprint density at radius 1 is 1.33 bits per heavy atom. The van der Waals surface area contributed by atoms with E-state index in [1.165, 1.54) is 4.88 Å². The quantitative estimate of drug-likeness (QED) is 0.911. The van der Waals surface area contributed by atoms with Crippen LogP contribution >= 0.6 is 27.3 Å². The summed E-state index contributed by atoms with van der Waals surface area (Å²) in [4.78, 5) is 9.92. The first-order chi connectivity index (χ1) is 8.81. The lowest BCUT2D eigenvalue weighted by Gasteiger charge is -2.10. The van der Waals surface area contributed by atoms with Gasteiger partial charge in [-0.3, -0.25) is 0 Å². The second-order valence-electron chi connectivity index (χ2n) is 4.23. The Bertz CT molecular complexity index is 519. The number of rotatable bonds is 3. The molecule has 2 aromatic heterocycles. The molecule has 3 heterocycles. The molecule has 0 spiro atoms. The molecule has 6 heteroatoms. The number of anilines is 1. The SMILES string of the molecule is Brc1ccc(-c2cnc(NC3CCNC3)nc2)s1. The first-order valence-electron chi connectivity index (χ1n) is 5.86. The van der Waals surface area contributed by atoms with Gasteiger partial charge < -0.3 is 10.6 Å². The summed E-state index contributed by atoms with van der Waals surface area (Å²) in [5.74, 6) is 0.711. The molecule has 1 saturated heterocycles. The van der Waals surface area contributed by atoms with E-state index >= 15 is 0 Å². The number of hydrogen-bond acceptors (Lipinski definition) is 5. The average Bonchev–Trinajstić information content (AvgIpc) is 3.02. The summed E-state index contributed by atoms with van der Waals surface area (Å²) in [6.07, 6.45) is 4.87. The van der Waals surface area contributed by atoms with Crippen LogP contribution < -0.4 is 10.6 Å². The maximum Gasteiger partial charge on any atom is 0.222 e. The predicted octanol–water partition coefficient (Wildman–Crippen LogP) is 2.74. The fourth-order valence-electron chi connectivity index (χ4n) is 1.96. The van der Waals surface area contributed by atoms with Gasteiger partial charge in [-0.05, 0) is 41.0 Å². The van der Waals surface area contributed by atoms with Crippen molar-refractivity contribution in [1.82, 2.24) is 15.3 Å². The molecular weight excluding hydrogens is 312 g/mol. The molecule has 1 aliphatic heterocycles. The summed E-state index contributed by atoms with van der Waals surface area (Å²) in [6.45, 7) is 2.06. The van der Waals surface area contributed by atoms with Crippen molar-refractivity contribution in [2.24, 2.45) is 0 Å². The number of nitrogens with zero attached hydrogens (tertiary/aromatic N) is 2. The monoisotopic (exact) mass is 324 g/mol. The minimum atomic E-state index is 0.451. The molecule has 0 saturated carbocycles. The van der Waals surface area contributed by atoms with E-state index in [0.717, 1.165) is 28.9 Å². The molecule has 1 fully saturated rings. The number of thiophene rings is 1. The third-order valence-electron chi connectivity index (χ3n) is 2.90. The summed E-state index contributed by atoms with van der Waals surface area (Å²) in [5.41, 5.74) is 1.06. The average molecular weight is 325 g/mol. The van der Waals surface area contributed by atoms with Gasteiger partial charge in [0.05, 0.1) is 3.79 Å². The summed E-state index contributed by atoms with van der Waals surface area (Å²) >= 11 is 5.15. The fourth-order valence-corrected chi connectivity index (χ4v) is 3.32. The van der Waals surface area contributed by atoms with Crippen LogP contribution in [0, 0.1) is 0 Å². The van der Waals surface area contributed by atoms with E-state index in [9.17, 15) is 0 Å². The summed E-state index contributed by atoms with van der Waals surface area (Å²) in [5, 5.41) is 6.65. The van der Waals surface area contributed by atoms with Crippen LogP contribution in [0.3, 0.4) is 0 Å². The normalized spacial score (nSPS) is 19.1. The second-order valence-corrected chi connectivity index (χ2v) is 6.70. The zero-order valence-corrected chi connectivity index (χ0v) is 12.1. The smallest absolute Gasteiger partial charge is 0.222 e. The van der Waals surface area contributed by atoms with Crippen molar-refractivity contribution in [3.8, 4) is 10.4 Å². The van der Waals surface area contributed by atoms with Crippen LogP contribution in [-0.2, 0) is 0 Å². The van der Waals surface area contributed by atoms with E-state index in [-0.39, 0.29) is 0 Å². The van der Waals surface area contributed by atoms with Crippen molar-refractivity contribution in [2.45, 2.75) is 12.5 Å². The Morgan fingerprint density at radius 3 is 2.78 bits per heavy atom. The molecular formula is C12H13BrN4S. The number of hydrogen-bond donors (Lipinski definition) is 2. The number of aromatic nitrogens is 2. The molecule has 1 atom stereocenters. The van der Waals surface area contributed by atoms with E-state index in [0.29, 0.717) is 12.0 Å². The number of nitrogens with one attached hydrogen (secondary N) is 2. The Hall–Kier alpha value is -0.980. The minimum Gasteiger partial charge on any atom is -0.350 e. The summed E-state index contributed by atoms with van der Waals surface area (Å²) < 4.78 is 1.12. The van der Waals surface area contributed by atoms with E-state index in [2.05, 4.69) is 42.6 Å². The summed E-state index contributed by atoms with van der Waals surface area (Å²) in [6, 6.07) is 4.56. The van der Waals surface area contributed by atoms with Crippen LogP contribution in [0.5, 0.6) is 0 Å². The molecule has 0 radical (unpaired) electrons. The van der Waals surface area contributed by atoms with E-state index in [4.69, 9.17) is 0 Å². The Kier molecular flexibility index (Phi) is 3.58. The van der Waals surface area contributed by atoms with Gasteiger partial charge in [-0.25, -0.2) is 9.97 Å². The largest absolute Gasteiger partial charge is 0.350 e. The van der Waals surface area contributed by atoms with Gasteiger partial charge in [0.25, 0.3) is 0 Å². The molecule has 0 aromatic carbocycles. The maximum atomic E-state index is 4.37. The highest BCUT2D eigenvalue weighted by molar-refractivity contribution is 9.11. The molecule has 94 valence electrons. The zero-order valence-electron chi connectivity index (χ0n) is 9.69. The van der Waals surface area contributed by atoms with Crippen molar-refractivity contribution in [2.75, 3.05) is 18.4 Å². The molecule has 1 unspecified atom stereocenters. The van der Waals surface area contributed by atoms with Gasteiger partial charge in [-0.1, -0.05) is 0 Å². The van der Waals surface area contributed by atoms with Gasteiger partial charge in [0.15, 0.2) is 0 Å². The minimum absolute atomic E-state index is 0.451. The first kappa shape index (κ1) is 12.1. The van der Waals surface area contributed by atoms with Crippen molar-refractivity contribution in [1.29, 1.82) is 0 Å². The highest BCUT2D eigenvalue weighted by Crippen LogP contribution is 2.30. The van der Waals surface area contributed by atoms with Crippen LogP contribution in [0.2, 0.25) is 0 Å². The van der Waals surface area contributed by atoms with Crippen molar-refractivity contribution in [3.05, 3.63) is 28.3 Å². The Morgan fingerprint density at radius 2 is 2.17 bits per heavy atom. The zero-order chi connectivity index (χ0) is 12.4. The first-order valence-corrected chi connectivity index (χ1v) is 7.47. The third kappa shape index (κ3) is 2.71. The standard InChI is InChI=1S/C12H13BrN4S/c13-11-2-1-10(18-11)8-5-15-12(16-6-8)17-9-3-4-14-7-9/h1-2,5-6,9,14H,3-4,7H2,(H,15,16,17). The molecule has 2 N–H and O–H groups in total. The molecule has 3 rings (SSSR count). The van der Waals surface area contributed by atoms with Gasteiger partial charge in [0.1, 0.15) is 0 Å². The van der Waals surface area contributed by atoms with Gasteiger partial charge >= 0.3 is 0 Å². The lowest BCUT2D eigenvalue weighted by atomic mass is 10.2. The lowest BCUT2D eigenvalue weighted by Crippen LogP contribution is -2.23. The van der Waals surface area contributed by atoms with Crippen LogP contribution in [0.4, 0.5) is 5.95 Å². The fraction of sp³-hybridized carbons (Fsp3) is 0.333. The van der Waals surface area contributed by atoms with E-state index < -0.39 is 0 Å². The van der Waals surface area contributed by atoms with Gasteiger partial charge in [-0.15, -0.1) is 11.3 Å². The van der Waals surface area contributed by atoms with E-state index in [1.54, 1.807) is 11.3 Å². The molecule has 0 bridgehead atoms. The van der Waals surface area contributed by atoms with Crippen molar-refractivity contribution < 1.29 is 0 Å².